The molecule has 0 amide bonds. The number of nitrogens with two attached hydrogens (primary N) is 1. The van der Waals surface area contributed by atoms with Gasteiger partial charge in [0.15, 0.2) is 0 Å². The van der Waals surface area contributed by atoms with Gasteiger partial charge in [0.2, 0.25) is 0 Å². The molecular weight excluding hydrogens is 184 g/mol. The number of fused-ring (bicyclic) bond motifs is 1. The van der Waals surface area contributed by atoms with Crippen LogP contribution in [0, 0.1) is 0 Å². The van der Waals surface area contributed by atoms with E-state index in [1.165, 1.54) is 16.7 Å². The van der Waals surface area contributed by atoms with Crippen LogP contribution in [-0.4, -0.2) is 6.54 Å². The van der Waals surface area contributed by atoms with Crippen molar-refractivity contribution in [2.75, 3.05) is 6.54 Å². The number of allylic oxidation sites excluding steroid dienone is 1. The molecule has 1 aromatic carbocycles. The third-order valence-electron chi connectivity index (χ3n) is 2.95. The molecule has 0 atom stereocenters. The van der Waals surface area contributed by atoms with Crippen molar-refractivity contribution in [2.45, 2.75) is 25.8 Å². The number of aryl methyl sites for hydroxylation is 1. The van der Waals surface area contributed by atoms with Crippen molar-refractivity contribution >= 4 is 0 Å². The highest BCUT2D eigenvalue weighted by Gasteiger charge is 2.11. The highest BCUT2D eigenvalue weighted by molar-refractivity contribution is 5.37. The minimum absolute atomic E-state index is 0.779. The molecule has 2 nitrogen and oxygen atoms in total. The molecule has 2 heteroatoms. The van der Waals surface area contributed by atoms with Crippen LogP contribution in [0.15, 0.2) is 30.5 Å². The van der Waals surface area contributed by atoms with Crippen LogP contribution in [0.25, 0.3) is 0 Å². The maximum absolute atomic E-state index is 5.61. The van der Waals surface area contributed by atoms with Gasteiger partial charge in [0, 0.05) is 12.2 Å². The zero-order chi connectivity index (χ0) is 10.7. The first-order chi connectivity index (χ1) is 7.27. The molecule has 0 fully saturated rings. The predicted octanol–water partition coefficient (Wildman–Crippen LogP) is 1.74. The van der Waals surface area contributed by atoms with E-state index in [0.717, 1.165) is 38.0 Å². The van der Waals surface area contributed by atoms with Crippen molar-refractivity contribution in [3.8, 4) is 0 Å². The van der Waals surface area contributed by atoms with Gasteiger partial charge in [-0.3, -0.25) is 0 Å². The van der Waals surface area contributed by atoms with Crippen molar-refractivity contribution in [2.24, 2.45) is 5.73 Å². The van der Waals surface area contributed by atoms with Crippen molar-refractivity contribution in [3.05, 3.63) is 47.2 Å². The Morgan fingerprint density at radius 2 is 2.33 bits per heavy atom. The Bertz CT molecular complexity index is 369. The summed E-state index contributed by atoms with van der Waals surface area (Å²) in [5, 5.41) is 3.39. The normalized spacial score (nSPS) is 14.7. The average molecular weight is 202 g/mol. The molecule has 0 aliphatic carbocycles. The van der Waals surface area contributed by atoms with Crippen molar-refractivity contribution in [1.29, 1.82) is 0 Å². The summed E-state index contributed by atoms with van der Waals surface area (Å²) >= 11 is 0. The van der Waals surface area contributed by atoms with Gasteiger partial charge in [0.05, 0.1) is 0 Å². The zero-order valence-corrected chi connectivity index (χ0v) is 9.05. The summed E-state index contributed by atoms with van der Waals surface area (Å²) < 4.78 is 0. The standard InChI is InChI=1S/C13H18N2/c1-10(14)5-6-11-3-2-4-12-9-15-8-7-13(11)12/h2-4,15H,1,5-9,14H2. The summed E-state index contributed by atoms with van der Waals surface area (Å²) in [6.07, 6.45) is 3.06. The van der Waals surface area contributed by atoms with E-state index in [2.05, 4.69) is 30.1 Å². The second kappa shape index (κ2) is 4.49. The molecule has 0 saturated heterocycles. The molecule has 1 aromatic rings. The Hall–Kier alpha value is -1.28. The van der Waals surface area contributed by atoms with Gasteiger partial charge in [-0.2, -0.15) is 0 Å². The number of benzene rings is 1. The zero-order valence-electron chi connectivity index (χ0n) is 9.05. The topological polar surface area (TPSA) is 38.0 Å². The molecule has 80 valence electrons. The molecule has 0 aromatic heterocycles. The third kappa shape index (κ3) is 2.39. The molecule has 0 radical (unpaired) electrons. The monoisotopic (exact) mass is 202 g/mol. The van der Waals surface area contributed by atoms with Crippen LogP contribution in [0.3, 0.4) is 0 Å². The largest absolute Gasteiger partial charge is 0.403 e. The van der Waals surface area contributed by atoms with E-state index in [4.69, 9.17) is 5.73 Å². The molecule has 15 heavy (non-hydrogen) atoms. The molecule has 3 N–H and O–H groups in total. The van der Waals surface area contributed by atoms with E-state index in [0.29, 0.717) is 0 Å². The lowest BCUT2D eigenvalue weighted by Gasteiger charge is -2.20. The van der Waals surface area contributed by atoms with Gasteiger partial charge in [-0.1, -0.05) is 24.8 Å². The van der Waals surface area contributed by atoms with E-state index < -0.39 is 0 Å². The smallest absolute Gasteiger partial charge is 0.0208 e. The van der Waals surface area contributed by atoms with Gasteiger partial charge in [-0.05, 0) is 42.5 Å². The first-order valence-electron chi connectivity index (χ1n) is 5.51. The highest BCUT2D eigenvalue weighted by atomic mass is 14.9. The number of nitrogens with one attached hydrogen (secondary N) is 1. The van der Waals surface area contributed by atoms with Crippen LogP contribution >= 0.6 is 0 Å². The summed E-state index contributed by atoms with van der Waals surface area (Å²) in [6.45, 7) is 5.85. The minimum Gasteiger partial charge on any atom is -0.403 e. The second-order valence-electron chi connectivity index (χ2n) is 4.14. The highest BCUT2D eigenvalue weighted by Crippen LogP contribution is 2.20. The SMILES string of the molecule is C=C(N)CCc1cccc2c1CCNC2. The van der Waals surface area contributed by atoms with E-state index >= 15 is 0 Å². The Morgan fingerprint density at radius 3 is 3.13 bits per heavy atom. The molecule has 0 spiro atoms. The van der Waals surface area contributed by atoms with Crippen LogP contribution in [-0.2, 0) is 19.4 Å². The van der Waals surface area contributed by atoms with Gasteiger partial charge < -0.3 is 11.1 Å². The lowest BCUT2D eigenvalue weighted by Crippen LogP contribution is -2.24. The first-order valence-corrected chi connectivity index (χ1v) is 5.51. The number of hydrogen-bond donors (Lipinski definition) is 2. The third-order valence-corrected chi connectivity index (χ3v) is 2.95. The van der Waals surface area contributed by atoms with Gasteiger partial charge in [-0.25, -0.2) is 0 Å². The fourth-order valence-electron chi connectivity index (χ4n) is 2.14. The molecular formula is C13H18N2. The summed E-state index contributed by atoms with van der Waals surface area (Å²) in [5.41, 5.74) is 10.8. The van der Waals surface area contributed by atoms with Gasteiger partial charge >= 0.3 is 0 Å². The van der Waals surface area contributed by atoms with Crippen LogP contribution in [0.1, 0.15) is 23.1 Å². The van der Waals surface area contributed by atoms with Crippen LogP contribution < -0.4 is 11.1 Å². The van der Waals surface area contributed by atoms with E-state index in [1.54, 1.807) is 0 Å². The number of hydrogen-bond acceptors (Lipinski definition) is 2. The molecule has 2 rings (SSSR count). The lowest BCUT2D eigenvalue weighted by molar-refractivity contribution is 0.638. The molecule has 1 aliphatic heterocycles. The van der Waals surface area contributed by atoms with Crippen molar-refractivity contribution < 1.29 is 0 Å². The first kappa shape index (κ1) is 10.2. The number of rotatable bonds is 3. The molecule has 0 unspecified atom stereocenters. The Balaban J connectivity index is 2.19. The Kier molecular flexibility index (Phi) is 3.07. The van der Waals surface area contributed by atoms with E-state index in [-0.39, 0.29) is 0 Å². The van der Waals surface area contributed by atoms with Crippen LogP contribution in [0.5, 0.6) is 0 Å². The Morgan fingerprint density at radius 1 is 1.47 bits per heavy atom. The second-order valence-corrected chi connectivity index (χ2v) is 4.14. The maximum atomic E-state index is 5.61. The van der Waals surface area contributed by atoms with Gasteiger partial charge in [0.1, 0.15) is 0 Å². The minimum atomic E-state index is 0.779. The average Bonchev–Trinajstić information content (AvgIpc) is 2.26. The molecule has 1 heterocycles. The molecule has 0 bridgehead atoms. The maximum Gasteiger partial charge on any atom is 0.0208 e. The van der Waals surface area contributed by atoms with E-state index in [9.17, 15) is 0 Å². The van der Waals surface area contributed by atoms with Crippen LogP contribution in [0.2, 0.25) is 0 Å². The lowest BCUT2D eigenvalue weighted by atomic mass is 9.93. The van der Waals surface area contributed by atoms with Crippen molar-refractivity contribution in [3.63, 3.8) is 0 Å². The fraction of sp³-hybridized carbons (Fsp3) is 0.385. The van der Waals surface area contributed by atoms with Crippen LogP contribution in [0.4, 0.5) is 0 Å². The predicted molar refractivity (Wildman–Crippen MR) is 63.5 cm³/mol. The fourth-order valence-corrected chi connectivity index (χ4v) is 2.14. The molecule has 0 saturated carbocycles. The quantitative estimate of drug-likeness (QED) is 0.783. The van der Waals surface area contributed by atoms with Gasteiger partial charge in [0.25, 0.3) is 0 Å². The Labute approximate surface area is 91.2 Å². The van der Waals surface area contributed by atoms with Gasteiger partial charge in [-0.15, -0.1) is 0 Å². The molecule has 1 aliphatic rings. The summed E-state index contributed by atoms with van der Waals surface area (Å²) in [6, 6.07) is 6.57. The summed E-state index contributed by atoms with van der Waals surface area (Å²) in [7, 11) is 0. The van der Waals surface area contributed by atoms with E-state index in [1.807, 2.05) is 0 Å². The van der Waals surface area contributed by atoms with Crippen molar-refractivity contribution in [1.82, 2.24) is 5.32 Å². The summed E-state index contributed by atoms with van der Waals surface area (Å²) in [5.74, 6) is 0. The summed E-state index contributed by atoms with van der Waals surface area (Å²) in [4.78, 5) is 0.